The van der Waals surface area contributed by atoms with Crippen LogP contribution >= 0.6 is 15.9 Å². The largest absolute Gasteiger partial charge is 0.239 e. The normalized spacial score (nSPS) is 19.8. The van der Waals surface area contributed by atoms with Crippen molar-refractivity contribution in [2.45, 2.75) is 18.5 Å². The third-order valence-electron chi connectivity index (χ3n) is 2.05. The maximum atomic E-state index is 13.3. The van der Waals surface area contributed by atoms with Crippen LogP contribution in [0.4, 0.5) is 4.39 Å². The minimum absolute atomic E-state index is 0.689. The molecule has 0 unspecified atom stereocenters. The van der Waals surface area contributed by atoms with Crippen LogP contribution in [0.15, 0.2) is 28.7 Å². The summed E-state index contributed by atoms with van der Waals surface area (Å²) in [4.78, 5) is 0. The van der Waals surface area contributed by atoms with E-state index in [0.29, 0.717) is 12.8 Å². The Labute approximate surface area is 73.6 Å². The van der Waals surface area contributed by atoms with Gasteiger partial charge < -0.3 is 0 Å². The van der Waals surface area contributed by atoms with Crippen LogP contribution in [0.25, 0.3) is 0 Å². The van der Waals surface area contributed by atoms with Gasteiger partial charge in [0.15, 0.2) is 0 Å². The van der Waals surface area contributed by atoms with Gasteiger partial charge in [-0.3, -0.25) is 0 Å². The van der Waals surface area contributed by atoms with E-state index in [0.717, 1.165) is 10.0 Å². The van der Waals surface area contributed by atoms with E-state index >= 15 is 0 Å². The molecule has 1 fully saturated rings. The number of halogens is 2. The Morgan fingerprint density at radius 3 is 2.18 bits per heavy atom. The van der Waals surface area contributed by atoms with Gasteiger partial charge in [0.1, 0.15) is 5.67 Å². The molecule has 1 saturated carbocycles. The van der Waals surface area contributed by atoms with Crippen LogP contribution in [0.1, 0.15) is 18.4 Å². The van der Waals surface area contributed by atoms with E-state index in [1.807, 2.05) is 24.3 Å². The fourth-order valence-electron chi connectivity index (χ4n) is 1.15. The second kappa shape index (κ2) is 2.31. The topological polar surface area (TPSA) is 0 Å². The molecule has 0 heterocycles. The summed E-state index contributed by atoms with van der Waals surface area (Å²) in [5, 5.41) is 0. The molecule has 0 aromatic heterocycles. The molecule has 2 rings (SSSR count). The number of hydrogen-bond donors (Lipinski definition) is 0. The first-order valence-electron chi connectivity index (χ1n) is 3.66. The SMILES string of the molecule is FC1(c2ccc(Br)cc2)CC1. The quantitative estimate of drug-likeness (QED) is 0.673. The molecule has 1 aromatic rings. The molecule has 0 nitrogen and oxygen atoms in total. The Balaban J connectivity index is 2.33. The molecule has 1 aliphatic rings. The van der Waals surface area contributed by atoms with Crippen molar-refractivity contribution in [3.05, 3.63) is 34.3 Å². The molecule has 0 spiro atoms. The van der Waals surface area contributed by atoms with Crippen LogP contribution in [0.3, 0.4) is 0 Å². The maximum absolute atomic E-state index is 13.3. The molecule has 0 bridgehead atoms. The smallest absolute Gasteiger partial charge is 0.136 e. The van der Waals surface area contributed by atoms with Gasteiger partial charge in [0, 0.05) is 4.47 Å². The number of benzene rings is 1. The van der Waals surface area contributed by atoms with E-state index in [4.69, 9.17) is 0 Å². The second-order valence-electron chi connectivity index (χ2n) is 2.97. The predicted octanol–water partition coefficient (Wildman–Crippen LogP) is 3.41. The summed E-state index contributed by atoms with van der Waals surface area (Å²) in [7, 11) is 0. The van der Waals surface area contributed by atoms with Gasteiger partial charge in [-0.2, -0.15) is 0 Å². The minimum Gasteiger partial charge on any atom is -0.239 e. The predicted molar refractivity (Wildman–Crippen MR) is 46.2 cm³/mol. The van der Waals surface area contributed by atoms with Gasteiger partial charge in [0.25, 0.3) is 0 Å². The number of rotatable bonds is 1. The molecule has 11 heavy (non-hydrogen) atoms. The van der Waals surface area contributed by atoms with Crippen molar-refractivity contribution in [3.8, 4) is 0 Å². The molecule has 0 saturated heterocycles. The fourth-order valence-corrected chi connectivity index (χ4v) is 1.41. The van der Waals surface area contributed by atoms with E-state index in [1.165, 1.54) is 0 Å². The molecule has 0 aliphatic heterocycles. The van der Waals surface area contributed by atoms with Gasteiger partial charge in [0.2, 0.25) is 0 Å². The molecule has 0 amide bonds. The van der Waals surface area contributed by atoms with Gasteiger partial charge in [-0.05, 0) is 30.5 Å². The first kappa shape index (κ1) is 7.29. The fraction of sp³-hybridized carbons (Fsp3) is 0.333. The monoisotopic (exact) mass is 214 g/mol. The molecular weight excluding hydrogens is 207 g/mol. The standard InChI is InChI=1S/C9H8BrF/c10-8-3-1-7(2-4-8)9(11)5-6-9/h1-4H,5-6H2. The van der Waals surface area contributed by atoms with E-state index in [-0.39, 0.29) is 0 Å². The molecule has 1 aliphatic carbocycles. The van der Waals surface area contributed by atoms with Crippen molar-refractivity contribution in [2.24, 2.45) is 0 Å². The zero-order valence-electron chi connectivity index (χ0n) is 5.98. The van der Waals surface area contributed by atoms with Gasteiger partial charge in [-0.1, -0.05) is 28.1 Å². The average Bonchev–Trinajstić information content (AvgIpc) is 2.70. The summed E-state index contributed by atoms with van der Waals surface area (Å²) in [6, 6.07) is 7.46. The highest BCUT2D eigenvalue weighted by Crippen LogP contribution is 2.49. The summed E-state index contributed by atoms with van der Waals surface area (Å²) < 4.78 is 14.4. The first-order valence-corrected chi connectivity index (χ1v) is 4.45. The molecule has 1 aromatic carbocycles. The average molecular weight is 215 g/mol. The van der Waals surface area contributed by atoms with Crippen molar-refractivity contribution in [2.75, 3.05) is 0 Å². The summed E-state index contributed by atoms with van der Waals surface area (Å²) in [5.74, 6) is 0. The van der Waals surface area contributed by atoms with E-state index in [1.54, 1.807) is 0 Å². The Hall–Kier alpha value is -0.370. The van der Waals surface area contributed by atoms with Crippen LogP contribution in [0.2, 0.25) is 0 Å². The summed E-state index contributed by atoms with van der Waals surface area (Å²) in [6.07, 6.45) is 1.38. The van der Waals surface area contributed by atoms with Crippen molar-refractivity contribution >= 4 is 15.9 Å². The number of alkyl halides is 1. The second-order valence-corrected chi connectivity index (χ2v) is 3.89. The Kier molecular flexibility index (Phi) is 1.53. The zero-order valence-corrected chi connectivity index (χ0v) is 7.57. The van der Waals surface area contributed by atoms with Gasteiger partial charge in [0.05, 0.1) is 0 Å². The highest BCUT2D eigenvalue weighted by atomic mass is 79.9. The zero-order chi connectivity index (χ0) is 7.90. The molecule has 0 radical (unpaired) electrons. The first-order chi connectivity index (χ1) is 5.21. The van der Waals surface area contributed by atoms with Crippen molar-refractivity contribution in [1.82, 2.24) is 0 Å². The van der Waals surface area contributed by atoms with Crippen LogP contribution in [-0.4, -0.2) is 0 Å². The van der Waals surface area contributed by atoms with Crippen molar-refractivity contribution in [1.29, 1.82) is 0 Å². The molecule has 0 N–H and O–H groups in total. The molecular formula is C9H8BrF. The molecule has 2 heteroatoms. The lowest BCUT2D eigenvalue weighted by Gasteiger charge is -2.03. The maximum Gasteiger partial charge on any atom is 0.136 e. The lowest BCUT2D eigenvalue weighted by atomic mass is 10.1. The van der Waals surface area contributed by atoms with Crippen LogP contribution in [-0.2, 0) is 5.67 Å². The highest BCUT2D eigenvalue weighted by molar-refractivity contribution is 9.10. The summed E-state index contributed by atoms with van der Waals surface area (Å²) in [6.45, 7) is 0. The highest BCUT2D eigenvalue weighted by Gasteiger charge is 2.44. The Morgan fingerprint density at radius 1 is 1.18 bits per heavy atom. The van der Waals surface area contributed by atoms with Crippen LogP contribution in [0, 0.1) is 0 Å². The van der Waals surface area contributed by atoms with Gasteiger partial charge >= 0.3 is 0 Å². The van der Waals surface area contributed by atoms with Crippen LogP contribution < -0.4 is 0 Å². The van der Waals surface area contributed by atoms with Gasteiger partial charge in [-0.25, -0.2) is 4.39 Å². The molecule has 0 atom stereocenters. The summed E-state index contributed by atoms with van der Waals surface area (Å²) >= 11 is 3.31. The molecule has 58 valence electrons. The van der Waals surface area contributed by atoms with Gasteiger partial charge in [-0.15, -0.1) is 0 Å². The Bertz CT molecular complexity index is 261. The van der Waals surface area contributed by atoms with Crippen molar-refractivity contribution < 1.29 is 4.39 Å². The third kappa shape index (κ3) is 1.32. The third-order valence-corrected chi connectivity index (χ3v) is 2.58. The van der Waals surface area contributed by atoms with Crippen molar-refractivity contribution in [3.63, 3.8) is 0 Å². The lowest BCUT2D eigenvalue weighted by molar-refractivity contribution is 0.317. The lowest BCUT2D eigenvalue weighted by Crippen LogP contribution is -1.95. The minimum atomic E-state index is -0.985. The van der Waals surface area contributed by atoms with E-state index < -0.39 is 5.67 Å². The van der Waals surface area contributed by atoms with E-state index in [2.05, 4.69) is 15.9 Å². The Morgan fingerprint density at radius 2 is 1.73 bits per heavy atom. The summed E-state index contributed by atoms with van der Waals surface area (Å²) in [5.41, 5.74) is -0.165. The van der Waals surface area contributed by atoms with Crippen LogP contribution in [0.5, 0.6) is 0 Å². The van der Waals surface area contributed by atoms with E-state index in [9.17, 15) is 4.39 Å². The number of hydrogen-bond acceptors (Lipinski definition) is 0.